The highest BCUT2D eigenvalue weighted by atomic mass is 32.2. The highest BCUT2D eigenvalue weighted by Gasteiger charge is 1.89. The minimum absolute atomic E-state index is 1.10. The van der Waals surface area contributed by atoms with Crippen LogP contribution in [0.5, 0.6) is 0 Å². The summed E-state index contributed by atoms with van der Waals surface area (Å²) in [6.07, 6.45) is 4.46. The zero-order chi connectivity index (χ0) is 11.8. The highest BCUT2D eigenvalue weighted by Crippen LogP contribution is 2.18. The lowest BCUT2D eigenvalue weighted by molar-refractivity contribution is 1.00. The molecular weight excluding hydrogens is 224 g/mol. The smallest absolute Gasteiger partial charge is 0.0116 e. The van der Waals surface area contributed by atoms with Gasteiger partial charge >= 0.3 is 0 Å². The molecule has 0 heterocycles. The number of allylic oxidation sites excluding steroid dienone is 1. The minimum atomic E-state index is 1.10. The van der Waals surface area contributed by atoms with Crippen molar-refractivity contribution in [1.29, 1.82) is 0 Å². The average Bonchev–Trinajstić information content (AvgIpc) is 2.41. The van der Waals surface area contributed by atoms with Crippen LogP contribution in [0, 0.1) is 0 Å². The molecule has 0 radical (unpaired) electrons. The molecule has 2 aromatic rings. The van der Waals surface area contributed by atoms with Crippen molar-refractivity contribution in [2.24, 2.45) is 0 Å². The molecule has 0 aromatic heterocycles. The average molecular weight is 240 g/mol. The first-order valence-corrected chi connectivity index (χ1v) is 6.74. The van der Waals surface area contributed by atoms with Crippen molar-refractivity contribution in [3.8, 4) is 0 Å². The molecule has 1 heteroatoms. The summed E-state index contributed by atoms with van der Waals surface area (Å²) in [5.41, 5.74) is 1.40. The Morgan fingerprint density at radius 1 is 0.824 bits per heavy atom. The first-order valence-electron chi connectivity index (χ1n) is 5.86. The zero-order valence-electron chi connectivity index (χ0n) is 9.75. The van der Waals surface area contributed by atoms with Gasteiger partial charge in [0.05, 0.1) is 0 Å². The van der Waals surface area contributed by atoms with E-state index in [1.54, 1.807) is 11.8 Å². The number of aryl methyl sites for hydroxylation is 1. The second-order valence-corrected chi connectivity index (χ2v) is 4.81. The van der Waals surface area contributed by atoms with Crippen LogP contribution >= 0.6 is 11.8 Å². The first-order chi connectivity index (χ1) is 8.45. The Hall–Kier alpha value is -1.47. The topological polar surface area (TPSA) is 0 Å². The van der Waals surface area contributed by atoms with E-state index in [0.29, 0.717) is 0 Å². The van der Waals surface area contributed by atoms with Crippen molar-refractivity contribution in [3.63, 3.8) is 0 Å². The van der Waals surface area contributed by atoms with E-state index < -0.39 is 0 Å². The van der Waals surface area contributed by atoms with Crippen LogP contribution in [-0.2, 0) is 6.42 Å². The summed E-state index contributed by atoms with van der Waals surface area (Å²) in [6, 6.07) is 21.1. The normalized spacial score (nSPS) is 10.8. The summed E-state index contributed by atoms with van der Waals surface area (Å²) >= 11 is 1.78. The predicted octanol–water partition coefficient (Wildman–Crippen LogP) is 4.93. The molecule has 2 rings (SSSR count). The van der Waals surface area contributed by atoms with Gasteiger partial charge in [-0.2, -0.15) is 0 Å². The van der Waals surface area contributed by atoms with Gasteiger partial charge in [-0.3, -0.25) is 0 Å². The van der Waals surface area contributed by atoms with Crippen LogP contribution in [-0.4, -0.2) is 0 Å². The van der Waals surface area contributed by atoms with Gasteiger partial charge in [0.15, 0.2) is 0 Å². The van der Waals surface area contributed by atoms with Gasteiger partial charge in [-0.15, -0.1) is 0 Å². The third kappa shape index (κ3) is 4.49. The Morgan fingerprint density at radius 3 is 2.18 bits per heavy atom. The maximum Gasteiger partial charge on any atom is 0.0116 e. The largest absolute Gasteiger partial charge is 0.0984 e. The molecule has 0 amide bonds. The van der Waals surface area contributed by atoms with E-state index in [4.69, 9.17) is 0 Å². The number of benzene rings is 2. The second kappa shape index (κ2) is 6.97. The van der Waals surface area contributed by atoms with Crippen LogP contribution in [0.15, 0.2) is 77.0 Å². The molecule has 0 aliphatic rings. The fourth-order valence-electron chi connectivity index (χ4n) is 1.59. The lowest BCUT2D eigenvalue weighted by Gasteiger charge is -1.97. The fourth-order valence-corrected chi connectivity index (χ4v) is 2.29. The fraction of sp³-hybridized carbons (Fsp3) is 0.125. The molecule has 0 fully saturated rings. The molecule has 0 aliphatic heterocycles. The number of hydrogen-bond acceptors (Lipinski definition) is 1. The summed E-state index contributed by atoms with van der Waals surface area (Å²) in [6.45, 7) is 0. The molecular formula is C16H16S. The molecule has 2 aromatic carbocycles. The van der Waals surface area contributed by atoms with E-state index in [1.807, 2.05) is 6.07 Å². The molecule has 0 bridgehead atoms. The van der Waals surface area contributed by atoms with Gasteiger partial charge in [0.1, 0.15) is 0 Å². The van der Waals surface area contributed by atoms with Crippen LogP contribution in [0.3, 0.4) is 0 Å². The molecule has 0 spiro atoms. The molecule has 0 unspecified atom stereocenters. The van der Waals surface area contributed by atoms with Gasteiger partial charge in [-0.1, -0.05) is 66.4 Å². The predicted molar refractivity (Wildman–Crippen MR) is 76.2 cm³/mol. The third-order valence-electron chi connectivity index (χ3n) is 2.49. The molecule has 0 nitrogen and oxygen atoms in total. The Bertz CT molecular complexity index is 445. The van der Waals surface area contributed by atoms with Crippen LogP contribution in [0.25, 0.3) is 0 Å². The molecule has 17 heavy (non-hydrogen) atoms. The zero-order valence-corrected chi connectivity index (χ0v) is 10.6. The van der Waals surface area contributed by atoms with Gasteiger partial charge < -0.3 is 0 Å². The van der Waals surface area contributed by atoms with Crippen molar-refractivity contribution in [2.45, 2.75) is 17.7 Å². The summed E-state index contributed by atoms with van der Waals surface area (Å²) in [5, 5.41) is 2.18. The van der Waals surface area contributed by atoms with Crippen LogP contribution in [0.4, 0.5) is 0 Å². The van der Waals surface area contributed by atoms with E-state index in [1.165, 1.54) is 10.5 Å². The van der Waals surface area contributed by atoms with Crippen molar-refractivity contribution < 1.29 is 0 Å². The van der Waals surface area contributed by atoms with E-state index in [-0.39, 0.29) is 0 Å². The molecule has 86 valence electrons. The van der Waals surface area contributed by atoms with Crippen molar-refractivity contribution in [3.05, 3.63) is 77.7 Å². The Morgan fingerprint density at radius 2 is 1.47 bits per heavy atom. The first kappa shape index (κ1) is 12.0. The SMILES string of the molecule is C(=C\Sc1ccccc1)/CCc1ccccc1. The van der Waals surface area contributed by atoms with E-state index in [9.17, 15) is 0 Å². The summed E-state index contributed by atoms with van der Waals surface area (Å²) < 4.78 is 0. The number of rotatable bonds is 5. The summed E-state index contributed by atoms with van der Waals surface area (Å²) in [7, 11) is 0. The third-order valence-corrected chi connectivity index (χ3v) is 3.36. The molecule has 0 saturated heterocycles. The summed E-state index contributed by atoms with van der Waals surface area (Å²) in [4.78, 5) is 1.29. The van der Waals surface area contributed by atoms with E-state index in [2.05, 4.69) is 66.1 Å². The second-order valence-electron chi connectivity index (χ2n) is 3.83. The Kier molecular flexibility index (Phi) is 4.92. The summed E-state index contributed by atoms with van der Waals surface area (Å²) in [5.74, 6) is 0. The lowest BCUT2D eigenvalue weighted by atomic mass is 10.1. The van der Waals surface area contributed by atoms with Gasteiger partial charge in [0.25, 0.3) is 0 Å². The maximum atomic E-state index is 2.24. The number of thioether (sulfide) groups is 1. The van der Waals surface area contributed by atoms with Crippen LogP contribution < -0.4 is 0 Å². The molecule has 0 N–H and O–H groups in total. The van der Waals surface area contributed by atoms with Crippen molar-refractivity contribution >= 4 is 11.8 Å². The molecule has 0 saturated carbocycles. The van der Waals surface area contributed by atoms with E-state index >= 15 is 0 Å². The van der Waals surface area contributed by atoms with Crippen molar-refractivity contribution in [1.82, 2.24) is 0 Å². The lowest BCUT2D eigenvalue weighted by Crippen LogP contribution is -1.80. The standard InChI is InChI=1S/C16H16S/c1-3-9-15(10-4-1)11-7-8-14-17-16-12-5-2-6-13-16/h1-6,8-10,12-14H,7,11H2/b14-8+. The monoisotopic (exact) mass is 240 g/mol. The van der Waals surface area contributed by atoms with E-state index in [0.717, 1.165) is 12.8 Å². The quantitative estimate of drug-likeness (QED) is 0.668. The van der Waals surface area contributed by atoms with Gasteiger partial charge in [-0.25, -0.2) is 0 Å². The van der Waals surface area contributed by atoms with Gasteiger partial charge in [-0.05, 0) is 35.9 Å². The van der Waals surface area contributed by atoms with Gasteiger partial charge in [0, 0.05) is 4.90 Å². The Balaban J connectivity index is 1.72. The molecule has 0 aliphatic carbocycles. The van der Waals surface area contributed by atoms with Crippen LogP contribution in [0.2, 0.25) is 0 Å². The Labute approximate surface area is 107 Å². The maximum absolute atomic E-state index is 2.24. The number of hydrogen-bond donors (Lipinski definition) is 0. The van der Waals surface area contributed by atoms with Gasteiger partial charge in [0.2, 0.25) is 0 Å². The minimum Gasteiger partial charge on any atom is -0.0984 e. The van der Waals surface area contributed by atoms with Crippen molar-refractivity contribution in [2.75, 3.05) is 0 Å². The molecule has 0 atom stereocenters. The highest BCUT2D eigenvalue weighted by molar-refractivity contribution is 8.02. The van der Waals surface area contributed by atoms with Crippen LogP contribution in [0.1, 0.15) is 12.0 Å².